The van der Waals surface area contributed by atoms with Crippen molar-refractivity contribution >= 4 is 29.9 Å². The number of ether oxygens (including phenoxy) is 1. The summed E-state index contributed by atoms with van der Waals surface area (Å²) in [7, 11) is 3.42. The monoisotopic (exact) mass is 469 g/mol. The second-order valence-corrected chi connectivity index (χ2v) is 5.90. The number of aryl methyl sites for hydroxylation is 1. The molecule has 0 fully saturated rings. The number of guanidine groups is 1. The number of nitrogens with zero attached hydrogens (tertiary/aromatic N) is 1. The van der Waals surface area contributed by atoms with E-state index in [4.69, 9.17) is 4.74 Å². The lowest BCUT2D eigenvalue weighted by Crippen LogP contribution is -2.39. The third-order valence-electron chi connectivity index (χ3n) is 4.15. The first-order chi connectivity index (χ1) is 12.2. The molecule has 1 unspecified atom stereocenters. The summed E-state index contributed by atoms with van der Waals surface area (Å²) in [4.78, 5) is 4.25. The Kier molecular flexibility index (Phi) is 10.0. The van der Waals surface area contributed by atoms with Gasteiger partial charge in [-0.1, -0.05) is 42.5 Å². The van der Waals surface area contributed by atoms with Crippen LogP contribution in [0.5, 0.6) is 5.75 Å². The highest BCUT2D eigenvalue weighted by molar-refractivity contribution is 14.0. The van der Waals surface area contributed by atoms with E-state index in [-0.39, 0.29) is 36.5 Å². The molecule has 0 bridgehead atoms. The summed E-state index contributed by atoms with van der Waals surface area (Å²) in [6.07, 6.45) is 0. The lowest BCUT2D eigenvalue weighted by atomic mass is 10.0. The Morgan fingerprint density at radius 2 is 1.88 bits per heavy atom. The quantitative estimate of drug-likeness (QED) is 0.332. The van der Waals surface area contributed by atoms with Crippen LogP contribution in [-0.4, -0.2) is 38.4 Å². The molecule has 0 aliphatic rings. The molecule has 0 aliphatic carbocycles. The highest BCUT2D eigenvalue weighted by Crippen LogP contribution is 2.18. The molecule has 3 N–H and O–H groups in total. The van der Waals surface area contributed by atoms with E-state index in [1.165, 1.54) is 0 Å². The molecule has 2 aromatic carbocycles. The molecule has 0 saturated heterocycles. The fourth-order valence-corrected chi connectivity index (χ4v) is 2.69. The van der Waals surface area contributed by atoms with Crippen molar-refractivity contribution < 1.29 is 9.84 Å². The first-order valence-electron chi connectivity index (χ1n) is 8.41. The second kappa shape index (κ2) is 11.7. The number of hydrogen-bond donors (Lipinski definition) is 3. The minimum atomic E-state index is 0. The molecule has 0 radical (unpaired) electrons. The molecule has 0 heterocycles. The standard InChI is InChI=1S/C20H27N3O2.HI/c1-15-11-16(9-10-19(15)25-3)12-22-20(21-2)23-13-18(14-24)17-7-5-4-6-8-17;/h4-11,18,24H,12-14H2,1-3H3,(H2,21,22,23);1H. The number of nitrogens with one attached hydrogen (secondary N) is 2. The molecular weight excluding hydrogens is 441 g/mol. The van der Waals surface area contributed by atoms with Gasteiger partial charge in [0.1, 0.15) is 5.75 Å². The summed E-state index contributed by atoms with van der Waals surface area (Å²) in [5.74, 6) is 1.63. The van der Waals surface area contributed by atoms with Gasteiger partial charge in [0.2, 0.25) is 0 Å². The van der Waals surface area contributed by atoms with Gasteiger partial charge >= 0.3 is 0 Å². The summed E-state index contributed by atoms with van der Waals surface area (Å²) in [6.45, 7) is 3.40. The van der Waals surface area contributed by atoms with Crippen LogP contribution in [0.1, 0.15) is 22.6 Å². The molecular formula is C20H28IN3O2. The van der Waals surface area contributed by atoms with Gasteiger partial charge in [0.25, 0.3) is 0 Å². The normalized spacial score (nSPS) is 12.1. The zero-order chi connectivity index (χ0) is 18.1. The maximum Gasteiger partial charge on any atom is 0.191 e. The molecule has 2 rings (SSSR count). The maximum absolute atomic E-state index is 9.64. The largest absolute Gasteiger partial charge is 0.496 e. The lowest BCUT2D eigenvalue weighted by molar-refractivity contribution is 0.265. The Balaban J connectivity index is 0.00000338. The Labute approximate surface area is 172 Å². The molecule has 1 atom stereocenters. The summed E-state index contributed by atoms with van der Waals surface area (Å²) in [5.41, 5.74) is 3.37. The van der Waals surface area contributed by atoms with Crippen molar-refractivity contribution in [2.75, 3.05) is 27.3 Å². The zero-order valence-electron chi connectivity index (χ0n) is 15.5. The van der Waals surface area contributed by atoms with Gasteiger partial charge in [0, 0.05) is 26.1 Å². The topological polar surface area (TPSA) is 65.9 Å². The van der Waals surface area contributed by atoms with E-state index in [0.29, 0.717) is 19.0 Å². The predicted octanol–water partition coefficient (Wildman–Crippen LogP) is 3.06. The Morgan fingerprint density at radius 3 is 2.46 bits per heavy atom. The lowest BCUT2D eigenvalue weighted by Gasteiger charge is -2.18. The van der Waals surface area contributed by atoms with Crippen molar-refractivity contribution in [3.63, 3.8) is 0 Å². The van der Waals surface area contributed by atoms with Gasteiger partial charge in [0.05, 0.1) is 13.7 Å². The number of methoxy groups -OCH3 is 1. The van der Waals surface area contributed by atoms with Crippen molar-refractivity contribution in [3.8, 4) is 5.75 Å². The number of hydrogen-bond acceptors (Lipinski definition) is 3. The second-order valence-electron chi connectivity index (χ2n) is 5.90. The molecule has 5 nitrogen and oxygen atoms in total. The fourth-order valence-electron chi connectivity index (χ4n) is 2.69. The first kappa shape index (κ1) is 22.2. The van der Waals surface area contributed by atoms with Gasteiger partial charge in [-0.15, -0.1) is 24.0 Å². The van der Waals surface area contributed by atoms with Gasteiger partial charge in [-0.3, -0.25) is 4.99 Å². The average molecular weight is 469 g/mol. The number of halogens is 1. The molecule has 6 heteroatoms. The van der Waals surface area contributed by atoms with Crippen LogP contribution < -0.4 is 15.4 Å². The van der Waals surface area contributed by atoms with Gasteiger partial charge in [-0.05, 0) is 29.7 Å². The highest BCUT2D eigenvalue weighted by atomic mass is 127. The molecule has 26 heavy (non-hydrogen) atoms. The predicted molar refractivity (Wildman–Crippen MR) is 118 cm³/mol. The summed E-state index contributed by atoms with van der Waals surface area (Å²) in [5, 5.41) is 16.2. The van der Waals surface area contributed by atoms with Crippen LogP contribution in [0.3, 0.4) is 0 Å². The number of benzene rings is 2. The summed E-state index contributed by atoms with van der Waals surface area (Å²) < 4.78 is 5.29. The summed E-state index contributed by atoms with van der Waals surface area (Å²) in [6, 6.07) is 16.1. The van der Waals surface area contributed by atoms with E-state index >= 15 is 0 Å². The molecule has 0 saturated carbocycles. The number of aliphatic imine (C=N–C) groups is 1. The Hall–Kier alpha value is -1.80. The van der Waals surface area contributed by atoms with E-state index in [1.807, 2.05) is 49.4 Å². The molecule has 142 valence electrons. The molecule has 0 aromatic heterocycles. The van der Waals surface area contributed by atoms with Gasteiger partial charge in [-0.25, -0.2) is 0 Å². The van der Waals surface area contributed by atoms with Crippen molar-refractivity contribution in [1.82, 2.24) is 10.6 Å². The van der Waals surface area contributed by atoms with Crippen molar-refractivity contribution in [1.29, 1.82) is 0 Å². The third kappa shape index (κ3) is 6.49. The maximum atomic E-state index is 9.64. The SMILES string of the molecule is CN=C(NCc1ccc(OC)c(C)c1)NCC(CO)c1ccccc1.I. The first-order valence-corrected chi connectivity index (χ1v) is 8.41. The molecule has 0 amide bonds. The van der Waals surface area contributed by atoms with E-state index in [9.17, 15) is 5.11 Å². The van der Waals surface area contributed by atoms with Gasteiger partial charge < -0.3 is 20.5 Å². The van der Waals surface area contributed by atoms with Crippen molar-refractivity contribution in [2.24, 2.45) is 4.99 Å². The van der Waals surface area contributed by atoms with Crippen molar-refractivity contribution in [2.45, 2.75) is 19.4 Å². The van der Waals surface area contributed by atoms with E-state index in [2.05, 4.69) is 21.7 Å². The van der Waals surface area contributed by atoms with Gasteiger partial charge in [-0.2, -0.15) is 0 Å². The van der Waals surface area contributed by atoms with Crippen LogP contribution in [0.25, 0.3) is 0 Å². The van der Waals surface area contributed by atoms with Crippen LogP contribution in [0, 0.1) is 6.92 Å². The van der Waals surface area contributed by atoms with Crippen molar-refractivity contribution in [3.05, 3.63) is 65.2 Å². The third-order valence-corrected chi connectivity index (χ3v) is 4.15. The van der Waals surface area contributed by atoms with E-state index in [0.717, 1.165) is 22.4 Å². The Morgan fingerprint density at radius 1 is 1.15 bits per heavy atom. The average Bonchev–Trinajstić information content (AvgIpc) is 2.65. The minimum Gasteiger partial charge on any atom is -0.496 e. The fraction of sp³-hybridized carbons (Fsp3) is 0.350. The Bertz CT molecular complexity index is 693. The number of aliphatic hydroxyl groups excluding tert-OH is 1. The molecule has 0 aliphatic heterocycles. The molecule has 2 aromatic rings. The van der Waals surface area contributed by atoms with Crippen LogP contribution in [0.4, 0.5) is 0 Å². The molecule has 0 spiro atoms. The van der Waals surface area contributed by atoms with Crippen LogP contribution in [0.2, 0.25) is 0 Å². The highest BCUT2D eigenvalue weighted by Gasteiger charge is 2.11. The minimum absolute atomic E-state index is 0. The zero-order valence-corrected chi connectivity index (χ0v) is 17.9. The van der Waals surface area contributed by atoms with E-state index < -0.39 is 0 Å². The van der Waals surface area contributed by atoms with Crippen LogP contribution in [0.15, 0.2) is 53.5 Å². The van der Waals surface area contributed by atoms with E-state index in [1.54, 1.807) is 14.2 Å². The van der Waals surface area contributed by atoms with Crippen LogP contribution >= 0.6 is 24.0 Å². The number of aliphatic hydroxyl groups is 1. The van der Waals surface area contributed by atoms with Crippen LogP contribution in [-0.2, 0) is 6.54 Å². The number of rotatable bonds is 7. The summed E-state index contributed by atoms with van der Waals surface area (Å²) >= 11 is 0. The van der Waals surface area contributed by atoms with Gasteiger partial charge in [0.15, 0.2) is 5.96 Å². The smallest absolute Gasteiger partial charge is 0.191 e.